The van der Waals surface area contributed by atoms with Gasteiger partial charge in [0.15, 0.2) is 5.58 Å². The Kier molecular flexibility index (Phi) is 4.34. The van der Waals surface area contributed by atoms with Gasteiger partial charge in [0, 0.05) is 16.9 Å². The van der Waals surface area contributed by atoms with Gasteiger partial charge in [-0.1, -0.05) is 18.2 Å². The van der Waals surface area contributed by atoms with E-state index >= 15 is 0 Å². The molecule has 0 spiro atoms. The van der Waals surface area contributed by atoms with Gasteiger partial charge in [0.25, 0.3) is 0 Å². The van der Waals surface area contributed by atoms with E-state index in [9.17, 15) is 4.79 Å². The quantitative estimate of drug-likeness (QED) is 0.490. The van der Waals surface area contributed by atoms with E-state index in [1.807, 2.05) is 74.5 Å². The first-order chi connectivity index (χ1) is 13.1. The molecular formula is C22H19N3O2. The molecule has 1 aromatic heterocycles. The molecule has 5 heteroatoms. The highest BCUT2D eigenvalue weighted by atomic mass is 16.3. The van der Waals surface area contributed by atoms with E-state index in [2.05, 4.69) is 21.7 Å². The van der Waals surface area contributed by atoms with Crippen molar-refractivity contribution in [1.29, 1.82) is 0 Å². The number of nitrogens with zero attached hydrogens (tertiary/aromatic N) is 1. The van der Waals surface area contributed by atoms with Crippen LogP contribution in [0.1, 0.15) is 11.1 Å². The van der Waals surface area contributed by atoms with Gasteiger partial charge in [-0.25, -0.2) is 9.78 Å². The molecule has 2 N–H and O–H groups in total. The zero-order valence-electron chi connectivity index (χ0n) is 15.1. The Bertz CT molecular complexity index is 1060. The largest absolute Gasteiger partial charge is 0.436 e. The summed E-state index contributed by atoms with van der Waals surface area (Å²) in [7, 11) is 0. The molecule has 0 bridgehead atoms. The number of fused-ring (bicyclic) bond motifs is 1. The summed E-state index contributed by atoms with van der Waals surface area (Å²) in [5.74, 6) is 0.558. The number of benzene rings is 3. The van der Waals surface area contributed by atoms with Crippen molar-refractivity contribution in [2.24, 2.45) is 0 Å². The van der Waals surface area contributed by atoms with Gasteiger partial charge >= 0.3 is 6.03 Å². The maximum atomic E-state index is 12.2. The first-order valence-electron chi connectivity index (χ1n) is 8.69. The molecule has 5 nitrogen and oxygen atoms in total. The summed E-state index contributed by atoms with van der Waals surface area (Å²) in [6.07, 6.45) is 0. The van der Waals surface area contributed by atoms with Crippen molar-refractivity contribution in [2.45, 2.75) is 13.8 Å². The lowest BCUT2D eigenvalue weighted by Gasteiger charge is -2.09. The van der Waals surface area contributed by atoms with Crippen molar-refractivity contribution >= 4 is 28.5 Å². The third-order valence-electron chi connectivity index (χ3n) is 4.16. The van der Waals surface area contributed by atoms with Crippen LogP contribution in [0.5, 0.6) is 0 Å². The van der Waals surface area contributed by atoms with E-state index in [1.54, 1.807) is 0 Å². The monoisotopic (exact) mass is 357 g/mol. The van der Waals surface area contributed by atoms with Crippen LogP contribution in [0.2, 0.25) is 0 Å². The number of hydrogen-bond donors (Lipinski definition) is 2. The normalized spacial score (nSPS) is 10.7. The lowest BCUT2D eigenvalue weighted by Crippen LogP contribution is -2.19. The molecule has 0 saturated carbocycles. The fraction of sp³-hybridized carbons (Fsp3) is 0.0909. The molecule has 4 rings (SSSR count). The molecule has 0 aliphatic rings. The lowest BCUT2D eigenvalue weighted by atomic mass is 10.1. The summed E-state index contributed by atoms with van der Waals surface area (Å²) >= 11 is 0. The number of anilines is 2. The molecule has 4 aromatic rings. The summed E-state index contributed by atoms with van der Waals surface area (Å²) in [6, 6.07) is 20.7. The van der Waals surface area contributed by atoms with Gasteiger partial charge in [-0.3, -0.25) is 0 Å². The Morgan fingerprint density at radius 3 is 2.22 bits per heavy atom. The van der Waals surface area contributed by atoms with Gasteiger partial charge in [0.05, 0.1) is 0 Å². The number of aromatic nitrogens is 1. The van der Waals surface area contributed by atoms with Crippen LogP contribution in [0.4, 0.5) is 16.2 Å². The number of aryl methyl sites for hydroxylation is 2. The second kappa shape index (κ2) is 6.96. The summed E-state index contributed by atoms with van der Waals surface area (Å²) in [5, 5.41) is 5.69. The minimum absolute atomic E-state index is 0.283. The number of urea groups is 1. The van der Waals surface area contributed by atoms with Crippen molar-refractivity contribution in [2.75, 3.05) is 10.6 Å². The molecule has 0 fully saturated rings. The lowest BCUT2D eigenvalue weighted by molar-refractivity contribution is 0.262. The second-order valence-corrected chi connectivity index (χ2v) is 6.52. The van der Waals surface area contributed by atoms with Crippen LogP contribution >= 0.6 is 0 Å². The van der Waals surface area contributed by atoms with Gasteiger partial charge < -0.3 is 15.1 Å². The zero-order chi connectivity index (χ0) is 18.8. The Balaban J connectivity index is 1.46. The number of amides is 2. The van der Waals surface area contributed by atoms with Crippen LogP contribution < -0.4 is 10.6 Å². The van der Waals surface area contributed by atoms with E-state index in [0.29, 0.717) is 11.6 Å². The highest BCUT2D eigenvalue weighted by molar-refractivity contribution is 6.00. The molecule has 0 saturated heterocycles. The molecule has 0 aliphatic carbocycles. The number of carbonyl (C=O) groups is 1. The number of rotatable bonds is 3. The smallest absolute Gasteiger partial charge is 0.323 e. The van der Waals surface area contributed by atoms with Crippen molar-refractivity contribution in [1.82, 2.24) is 4.98 Å². The molecular weight excluding hydrogens is 338 g/mol. The Morgan fingerprint density at radius 1 is 0.852 bits per heavy atom. The van der Waals surface area contributed by atoms with Crippen molar-refractivity contribution < 1.29 is 9.21 Å². The van der Waals surface area contributed by atoms with Crippen LogP contribution in [-0.2, 0) is 0 Å². The minimum Gasteiger partial charge on any atom is -0.436 e. The maximum absolute atomic E-state index is 12.2. The number of hydrogen-bond acceptors (Lipinski definition) is 3. The maximum Gasteiger partial charge on any atom is 0.323 e. The number of nitrogens with one attached hydrogen (secondary N) is 2. The predicted molar refractivity (Wildman–Crippen MR) is 108 cm³/mol. The molecule has 3 aromatic carbocycles. The minimum atomic E-state index is -0.283. The van der Waals surface area contributed by atoms with Crippen LogP contribution in [0.25, 0.3) is 22.6 Å². The Hall–Kier alpha value is -3.60. The Morgan fingerprint density at radius 2 is 1.52 bits per heavy atom. The fourth-order valence-corrected chi connectivity index (χ4v) is 3.03. The third-order valence-corrected chi connectivity index (χ3v) is 4.16. The van der Waals surface area contributed by atoms with Crippen molar-refractivity contribution in [3.8, 4) is 11.5 Å². The average Bonchev–Trinajstić information content (AvgIpc) is 3.05. The van der Waals surface area contributed by atoms with Crippen LogP contribution in [-0.4, -0.2) is 11.0 Å². The summed E-state index contributed by atoms with van der Waals surface area (Å²) in [4.78, 5) is 16.7. The Labute approximate surface area is 157 Å². The number of carbonyl (C=O) groups excluding carboxylic acids is 1. The van der Waals surface area contributed by atoms with Crippen LogP contribution in [0.3, 0.4) is 0 Å². The third kappa shape index (κ3) is 3.82. The molecule has 1 heterocycles. The molecule has 134 valence electrons. The predicted octanol–water partition coefficient (Wildman–Crippen LogP) is 5.76. The van der Waals surface area contributed by atoms with E-state index in [0.717, 1.165) is 33.5 Å². The highest BCUT2D eigenvalue weighted by Gasteiger charge is 2.08. The van der Waals surface area contributed by atoms with E-state index in [1.165, 1.54) is 0 Å². The first kappa shape index (κ1) is 16.8. The molecule has 0 radical (unpaired) electrons. The second-order valence-electron chi connectivity index (χ2n) is 6.52. The highest BCUT2D eigenvalue weighted by Crippen LogP contribution is 2.25. The van der Waals surface area contributed by atoms with E-state index in [4.69, 9.17) is 4.42 Å². The topological polar surface area (TPSA) is 67.2 Å². The van der Waals surface area contributed by atoms with Crippen molar-refractivity contribution in [3.05, 3.63) is 77.9 Å². The number of oxazole rings is 1. The van der Waals surface area contributed by atoms with Gasteiger partial charge in [0.2, 0.25) is 5.89 Å². The van der Waals surface area contributed by atoms with Gasteiger partial charge in [0.1, 0.15) is 5.52 Å². The molecule has 0 atom stereocenters. The standard InChI is InChI=1S/C22H19N3O2/c1-14-11-15(2)13-18(12-14)24-22(26)23-17-9-7-16(8-10-17)21-25-19-5-3-4-6-20(19)27-21/h3-13H,1-2H3,(H2,23,24,26). The van der Waals surface area contributed by atoms with E-state index < -0.39 is 0 Å². The van der Waals surface area contributed by atoms with Gasteiger partial charge in [-0.2, -0.15) is 0 Å². The molecule has 0 unspecified atom stereocenters. The van der Waals surface area contributed by atoms with Gasteiger partial charge in [-0.15, -0.1) is 0 Å². The SMILES string of the molecule is Cc1cc(C)cc(NC(=O)Nc2ccc(-c3nc4ccccc4o3)cc2)c1. The summed E-state index contributed by atoms with van der Waals surface area (Å²) in [6.45, 7) is 4.00. The molecule has 2 amide bonds. The summed E-state index contributed by atoms with van der Waals surface area (Å²) < 4.78 is 5.77. The van der Waals surface area contributed by atoms with Crippen molar-refractivity contribution in [3.63, 3.8) is 0 Å². The van der Waals surface area contributed by atoms with Crippen LogP contribution in [0, 0.1) is 13.8 Å². The average molecular weight is 357 g/mol. The van der Waals surface area contributed by atoms with E-state index in [-0.39, 0.29) is 6.03 Å². The van der Waals surface area contributed by atoms with Crippen LogP contribution in [0.15, 0.2) is 71.1 Å². The van der Waals surface area contributed by atoms with Gasteiger partial charge in [-0.05, 0) is 73.5 Å². The fourth-order valence-electron chi connectivity index (χ4n) is 3.03. The number of para-hydroxylation sites is 2. The zero-order valence-corrected chi connectivity index (χ0v) is 15.1. The molecule has 27 heavy (non-hydrogen) atoms. The first-order valence-corrected chi connectivity index (χ1v) is 8.69. The summed E-state index contributed by atoms with van der Waals surface area (Å²) in [5.41, 5.74) is 6.10. The molecule has 0 aliphatic heterocycles.